The topological polar surface area (TPSA) is 78.6 Å². The Morgan fingerprint density at radius 1 is 1.47 bits per heavy atom. The number of halogens is 2. The van der Waals surface area contributed by atoms with E-state index in [1.807, 2.05) is 0 Å². The minimum atomic E-state index is -0.499. The summed E-state index contributed by atoms with van der Waals surface area (Å²) in [7, 11) is 1.73. The number of aliphatic hydroxyl groups is 1. The van der Waals surface area contributed by atoms with Gasteiger partial charge in [-0.3, -0.25) is 9.69 Å². The fourth-order valence-corrected chi connectivity index (χ4v) is 2.25. The first-order valence-electron chi connectivity index (χ1n) is 5.70. The smallest absolute Gasteiger partial charge is 0.238 e. The lowest BCUT2D eigenvalue weighted by atomic mass is 10.2. The third-order valence-corrected chi connectivity index (χ3v) is 2.91. The minimum Gasteiger partial charge on any atom is -0.399 e. The van der Waals surface area contributed by atoms with E-state index < -0.39 is 6.10 Å². The number of amides is 1. The molecule has 1 unspecified atom stereocenters. The van der Waals surface area contributed by atoms with Gasteiger partial charge in [-0.05, 0) is 26.1 Å². The van der Waals surface area contributed by atoms with Crippen molar-refractivity contribution in [2.24, 2.45) is 0 Å². The van der Waals surface area contributed by atoms with Gasteiger partial charge in [0.05, 0.1) is 28.4 Å². The normalized spacial score (nSPS) is 12.5. The third-order valence-electron chi connectivity index (χ3n) is 2.32. The van der Waals surface area contributed by atoms with E-state index in [0.717, 1.165) is 0 Å². The van der Waals surface area contributed by atoms with Gasteiger partial charge in [0, 0.05) is 12.2 Å². The summed E-state index contributed by atoms with van der Waals surface area (Å²) in [6, 6.07) is 3.03. The van der Waals surface area contributed by atoms with Crippen LogP contribution in [0.25, 0.3) is 0 Å². The molecule has 0 saturated carbocycles. The molecule has 0 spiro atoms. The van der Waals surface area contributed by atoms with Gasteiger partial charge in [0.25, 0.3) is 0 Å². The number of likely N-dealkylation sites (N-methyl/N-ethyl adjacent to an activating group) is 1. The number of nitrogens with two attached hydrogens (primary N) is 1. The molecule has 0 saturated heterocycles. The summed E-state index contributed by atoms with van der Waals surface area (Å²) in [6.07, 6.45) is -0.499. The monoisotopic (exact) mass is 305 g/mol. The molecule has 0 radical (unpaired) electrons. The van der Waals surface area contributed by atoms with Crippen LogP contribution < -0.4 is 11.1 Å². The number of aliphatic hydroxyl groups excluding tert-OH is 1. The van der Waals surface area contributed by atoms with E-state index in [9.17, 15) is 9.90 Å². The number of hydrogen-bond acceptors (Lipinski definition) is 4. The van der Waals surface area contributed by atoms with Gasteiger partial charge in [-0.1, -0.05) is 23.2 Å². The first kappa shape index (κ1) is 16.0. The lowest BCUT2D eigenvalue weighted by Crippen LogP contribution is -2.34. The van der Waals surface area contributed by atoms with Gasteiger partial charge in [0.1, 0.15) is 0 Å². The highest BCUT2D eigenvalue weighted by Crippen LogP contribution is 2.32. The summed E-state index contributed by atoms with van der Waals surface area (Å²) in [5.41, 5.74) is 6.35. The highest BCUT2D eigenvalue weighted by atomic mass is 35.5. The van der Waals surface area contributed by atoms with Crippen LogP contribution in [-0.2, 0) is 4.79 Å². The molecule has 0 fully saturated rings. The molecule has 1 atom stereocenters. The van der Waals surface area contributed by atoms with Crippen molar-refractivity contribution in [3.8, 4) is 0 Å². The maximum absolute atomic E-state index is 11.8. The molecular weight excluding hydrogens is 289 g/mol. The molecule has 7 heteroatoms. The van der Waals surface area contributed by atoms with E-state index in [4.69, 9.17) is 28.9 Å². The van der Waals surface area contributed by atoms with Gasteiger partial charge < -0.3 is 16.2 Å². The van der Waals surface area contributed by atoms with Crippen LogP contribution in [0.3, 0.4) is 0 Å². The lowest BCUT2D eigenvalue weighted by molar-refractivity contribution is -0.117. The average molecular weight is 306 g/mol. The van der Waals surface area contributed by atoms with Gasteiger partial charge in [0.15, 0.2) is 0 Å². The second kappa shape index (κ2) is 6.96. The first-order chi connectivity index (χ1) is 8.79. The second-order valence-electron chi connectivity index (χ2n) is 4.45. The summed E-state index contributed by atoms with van der Waals surface area (Å²) in [5.74, 6) is -0.267. The van der Waals surface area contributed by atoms with Crippen molar-refractivity contribution in [2.75, 3.05) is 31.2 Å². The van der Waals surface area contributed by atoms with E-state index in [1.54, 1.807) is 18.9 Å². The Hall–Kier alpha value is -1.01. The van der Waals surface area contributed by atoms with Crippen molar-refractivity contribution < 1.29 is 9.90 Å². The maximum Gasteiger partial charge on any atom is 0.238 e. The van der Waals surface area contributed by atoms with Crippen LogP contribution in [0, 0.1) is 0 Å². The van der Waals surface area contributed by atoms with Crippen molar-refractivity contribution in [1.29, 1.82) is 0 Å². The molecule has 1 aromatic rings. The summed E-state index contributed by atoms with van der Waals surface area (Å²) in [5, 5.41) is 12.4. The molecule has 0 aliphatic rings. The first-order valence-corrected chi connectivity index (χ1v) is 6.46. The number of benzene rings is 1. The van der Waals surface area contributed by atoms with Crippen LogP contribution in [0.15, 0.2) is 12.1 Å². The molecule has 1 amide bonds. The molecule has 0 heterocycles. The quantitative estimate of drug-likeness (QED) is 0.725. The maximum atomic E-state index is 11.8. The molecule has 0 bridgehead atoms. The number of carbonyl (C=O) groups is 1. The van der Waals surface area contributed by atoms with Crippen LogP contribution in [0.4, 0.5) is 11.4 Å². The molecule has 1 aromatic carbocycles. The minimum absolute atomic E-state index is 0.127. The summed E-state index contributed by atoms with van der Waals surface area (Å²) < 4.78 is 0. The lowest BCUT2D eigenvalue weighted by Gasteiger charge is -2.18. The summed E-state index contributed by atoms with van der Waals surface area (Å²) >= 11 is 11.9. The Kier molecular flexibility index (Phi) is 5.87. The molecule has 0 aliphatic carbocycles. The Labute approximate surface area is 122 Å². The van der Waals surface area contributed by atoms with Gasteiger partial charge in [-0.25, -0.2) is 0 Å². The number of nitrogens with zero attached hydrogens (tertiary/aromatic N) is 1. The number of nitrogens with one attached hydrogen (secondary N) is 1. The molecule has 19 heavy (non-hydrogen) atoms. The van der Waals surface area contributed by atoms with E-state index in [2.05, 4.69) is 5.32 Å². The summed E-state index contributed by atoms with van der Waals surface area (Å²) in [4.78, 5) is 13.5. The Bertz CT molecular complexity index is 443. The molecule has 5 nitrogen and oxygen atoms in total. The molecule has 4 N–H and O–H groups in total. The predicted octanol–water partition coefficient (Wildman–Crippen LogP) is 1.83. The number of anilines is 2. The standard InChI is InChI=1S/C12H17Cl2N3O2/c1-7(18)5-17(2)6-11(19)16-12-9(13)3-8(15)4-10(12)14/h3-4,7,18H,5-6,15H2,1-2H3,(H,16,19). The van der Waals surface area contributed by atoms with Crippen LogP contribution in [0.2, 0.25) is 10.0 Å². The van der Waals surface area contributed by atoms with Gasteiger partial charge in [-0.15, -0.1) is 0 Å². The summed E-state index contributed by atoms with van der Waals surface area (Å²) in [6.45, 7) is 2.18. The average Bonchev–Trinajstić information content (AvgIpc) is 2.21. The van der Waals surface area contributed by atoms with Gasteiger partial charge in [-0.2, -0.15) is 0 Å². The Morgan fingerprint density at radius 2 is 2.00 bits per heavy atom. The van der Waals surface area contributed by atoms with Crippen molar-refractivity contribution >= 4 is 40.5 Å². The fraction of sp³-hybridized carbons (Fsp3) is 0.417. The van der Waals surface area contributed by atoms with Crippen LogP contribution >= 0.6 is 23.2 Å². The Morgan fingerprint density at radius 3 is 2.47 bits per heavy atom. The zero-order chi connectivity index (χ0) is 14.6. The van der Waals surface area contributed by atoms with E-state index in [0.29, 0.717) is 17.9 Å². The molecule has 0 aromatic heterocycles. The molecule has 106 valence electrons. The highest BCUT2D eigenvalue weighted by molar-refractivity contribution is 6.40. The third kappa shape index (κ3) is 5.24. The van der Waals surface area contributed by atoms with E-state index in [1.165, 1.54) is 12.1 Å². The van der Waals surface area contributed by atoms with Crippen molar-refractivity contribution in [3.05, 3.63) is 22.2 Å². The van der Waals surface area contributed by atoms with Crippen molar-refractivity contribution in [2.45, 2.75) is 13.0 Å². The molecule has 0 aliphatic heterocycles. The number of carbonyl (C=O) groups excluding carboxylic acids is 1. The van der Waals surface area contributed by atoms with Crippen LogP contribution in [-0.4, -0.2) is 42.2 Å². The van der Waals surface area contributed by atoms with E-state index >= 15 is 0 Å². The zero-order valence-electron chi connectivity index (χ0n) is 10.8. The van der Waals surface area contributed by atoms with Crippen molar-refractivity contribution in [1.82, 2.24) is 4.90 Å². The van der Waals surface area contributed by atoms with Crippen molar-refractivity contribution in [3.63, 3.8) is 0 Å². The zero-order valence-corrected chi connectivity index (χ0v) is 12.3. The highest BCUT2D eigenvalue weighted by Gasteiger charge is 2.13. The number of rotatable bonds is 5. The predicted molar refractivity (Wildman–Crippen MR) is 78.7 cm³/mol. The molecular formula is C12H17Cl2N3O2. The second-order valence-corrected chi connectivity index (χ2v) is 5.27. The fourth-order valence-electron chi connectivity index (χ4n) is 1.65. The van der Waals surface area contributed by atoms with Crippen LogP contribution in [0.5, 0.6) is 0 Å². The molecule has 1 rings (SSSR count). The number of nitrogen functional groups attached to an aromatic ring is 1. The van der Waals surface area contributed by atoms with Crippen LogP contribution in [0.1, 0.15) is 6.92 Å². The van der Waals surface area contributed by atoms with Gasteiger partial charge in [0.2, 0.25) is 5.91 Å². The SMILES string of the molecule is CC(O)CN(C)CC(=O)Nc1c(Cl)cc(N)cc1Cl. The van der Waals surface area contributed by atoms with Gasteiger partial charge >= 0.3 is 0 Å². The van der Waals surface area contributed by atoms with E-state index in [-0.39, 0.29) is 22.5 Å². The largest absolute Gasteiger partial charge is 0.399 e. The Balaban J connectivity index is 2.67. The number of hydrogen-bond donors (Lipinski definition) is 3.